The maximum absolute atomic E-state index is 12.5. The Morgan fingerprint density at radius 3 is 2.46 bits per heavy atom. The Bertz CT molecular complexity index is 726. The molecule has 24 heavy (non-hydrogen) atoms. The number of thioether (sulfide) groups is 1. The zero-order valence-electron chi connectivity index (χ0n) is 12.8. The van der Waals surface area contributed by atoms with Crippen molar-refractivity contribution in [2.45, 2.75) is 25.8 Å². The lowest BCUT2D eigenvalue weighted by Crippen LogP contribution is -2.44. The van der Waals surface area contributed by atoms with Crippen molar-refractivity contribution in [2.24, 2.45) is 0 Å². The summed E-state index contributed by atoms with van der Waals surface area (Å²) in [5, 5.41) is 18.1. The number of benzene rings is 1. The van der Waals surface area contributed by atoms with Crippen LogP contribution in [0.2, 0.25) is 0 Å². The molecule has 1 fully saturated rings. The number of hydrogen-bond acceptors (Lipinski definition) is 5. The van der Waals surface area contributed by atoms with Crippen molar-refractivity contribution in [2.75, 3.05) is 0 Å². The molecule has 1 amide bonds. The number of rotatable bonds is 6. The van der Waals surface area contributed by atoms with Crippen molar-refractivity contribution in [1.82, 2.24) is 4.90 Å². The van der Waals surface area contributed by atoms with Crippen LogP contribution in [0.15, 0.2) is 29.2 Å². The Morgan fingerprint density at radius 1 is 1.29 bits per heavy atom. The molecule has 1 aromatic rings. The van der Waals surface area contributed by atoms with Crippen LogP contribution >= 0.6 is 24.0 Å². The van der Waals surface area contributed by atoms with Gasteiger partial charge in [0.15, 0.2) is 0 Å². The van der Waals surface area contributed by atoms with Gasteiger partial charge in [-0.1, -0.05) is 53.8 Å². The Balaban J connectivity index is 2.24. The number of carbonyl (C=O) groups is 3. The van der Waals surface area contributed by atoms with Gasteiger partial charge in [-0.15, -0.1) is 0 Å². The highest BCUT2D eigenvalue weighted by Crippen LogP contribution is 2.34. The third kappa shape index (κ3) is 4.21. The van der Waals surface area contributed by atoms with Crippen LogP contribution in [0, 0.1) is 6.92 Å². The highest BCUT2D eigenvalue weighted by Gasteiger charge is 2.40. The van der Waals surface area contributed by atoms with Crippen molar-refractivity contribution >= 4 is 52.2 Å². The smallest absolute Gasteiger partial charge is 0.326 e. The van der Waals surface area contributed by atoms with E-state index in [9.17, 15) is 19.5 Å². The number of aliphatic carboxylic acids is 2. The monoisotopic (exact) mass is 365 g/mol. The molecule has 2 N–H and O–H groups in total. The molecule has 126 valence electrons. The molecule has 0 aromatic heterocycles. The van der Waals surface area contributed by atoms with Gasteiger partial charge in [0.25, 0.3) is 5.91 Å². The lowest BCUT2D eigenvalue weighted by molar-refractivity contribution is -0.146. The van der Waals surface area contributed by atoms with E-state index < -0.39 is 23.9 Å². The van der Waals surface area contributed by atoms with Crippen LogP contribution in [0.5, 0.6) is 0 Å². The first-order chi connectivity index (χ1) is 11.3. The Labute approximate surface area is 148 Å². The van der Waals surface area contributed by atoms with Gasteiger partial charge >= 0.3 is 11.9 Å². The lowest BCUT2D eigenvalue weighted by Gasteiger charge is -2.22. The molecule has 0 bridgehead atoms. The molecule has 0 radical (unpaired) electrons. The van der Waals surface area contributed by atoms with Crippen molar-refractivity contribution in [1.29, 1.82) is 0 Å². The van der Waals surface area contributed by atoms with Gasteiger partial charge in [0.05, 0.1) is 4.91 Å². The molecule has 1 heterocycles. The predicted molar refractivity (Wildman–Crippen MR) is 94.5 cm³/mol. The molecule has 0 unspecified atom stereocenters. The Hall–Kier alpha value is -2.19. The molecule has 0 spiro atoms. The van der Waals surface area contributed by atoms with Gasteiger partial charge in [-0.25, -0.2) is 4.79 Å². The number of carbonyl (C=O) groups excluding carboxylic acids is 1. The zero-order chi connectivity index (χ0) is 17.9. The van der Waals surface area contributed by atoms with E-state index in [1.165, 1.54) is 0 Å². The minimum absolute atomic E-state index is 0.121. The van der Waals surface area contributed by atoms with Crippen LogP contribution in [0.3, 0.4) is 0 Å². The fourth-order valence-electron chi connectivity index (χ4n) is 2.19. The molecule has 1 aliphatic rings. The van der Waals surface area contributed by atoms with Gasteiger partial charge < -0.3 is 10.2 Å². The highest BCUT2D eigenvalue weighted by molar-refractivity contribution is 8.26. The summed E-state index contributed by atoms with van der Waals surface area (Å²) in [5.41, 5.74) is 1.89. The Morgan fingerprint density at radius 2 is 1.92 bits per heavy atom. The minimum atomic E-state index is -1.28. The topological polar surface area (TPSA) is 94.9 Å². The SMILES string of the molecule is Cc1ccc(/C=C2/SC(=S)N([C@H](CCC(=O)O)C(=O)O)C2=O)cc1. The number of hydrogen-bond donors (Lipinski definition) is 2. The molecule has 2 rings (SSSR count). The average molecular weight is 365 g/mol. The fourth-order valence-corrected chi connectivity index (χ4v) is 3.54. The van der Waals surface area contributed by atoms with Gasteiger partial charge in [0.2, 0.25) is 0 Å². The number of aryl methyl sites for hydroxylation is 1. The third-order valence-corrected chi connectivity index (χ3v) is 4.76. The number of amides is 1. The lowest BCUT2D eigenvalue weighted by atomic mass is 10.1. The molecule has 1 aliphatic heterocycles. The van der Waals surface area contributed by atoms with E-state index in [0.29, 0.717) is 4.91 Å². The van der Waals surface area contributed by atoms with Crippen molar-refractivity contribution < 1.29 is 24.6 Å². The van der Waals surface area contributed by atoms with Crippen LogP contribution in [0.25, 0.3) is 6.08 Å². The van der Waals surface area contributed by atoms with Crippen molar-refractivity contribution in [3.8, 4) is 0 Å². The first-order valence-electron chi connectivity index (χ1n) is 7.08. The molecule has 0 saturated carbocycles. The van der Waals surface area contributed by atoms with Crippen LogP contribution in [0.4, 0.5) is 0 Å². The van der Waals surface area contributed by atoms with Crippen LogP contribution < -0.4 is 0 Å². The summed E-state index contributed by atoms with van der Waals surface area (Å²) in [7, 11) is 0. The molecular weight excluding hydrogens is 350 g/mol. The van der Waals surface area contributed by atoms with Crippen LogP contribution in [-0.4, -0.2) is 43.3 Å². The largest absolute Gasteiger partial charge is 0.481 e. The number of nitrogens with zero attached hydrogens (tertiary/aromatic N) is 1. The van der Waals surface area contributed by atoms with Gasteiger partial charge in [-0.3, -0.25) is 14.5 Å². The van der Waals surface area contributed by atoms with Gasteiger partial charge in [0, 0.05) is 6.42 Å². The molecule has 1 aromatic carbocycles. The summed E-state index contributed by atoms with van der Waals surface area (Å²) in [6.07, 6.45) is 1.09. The predicted octanol–water partition coefficient (Wildman–Crippen LogP) is 2.51. The second kappa shape index (κ2) is 7.59. The number of carboxylic acids is 2. The summed E-state index contributed by atoms with van der Waals surface area (Å²) < 4.78 is 0.121. The second-order valence-electron chi connectivity index (χ2n) is 5.25. The van der Waals surface area contributed by atoms with Gasteiger partial charge in [0.1, 0.15) is 10.4 Å². The van der Waals surface area contributed by atoms with Gasteiger partial charge in [-0.2, -0.15) is 0 Å². The second-order valence-corrected chi connectivity index (χ2v) is 6.92. The summed E-state index contributed by atoms with van der Waals surface area (Å²) in [4.78, 5) is 35.9. The minimum Gasteiger partial charge on any atom is -0.481 e. The number of carboxylic acid groups (broad SMARTS) is 2. The normalized spacial score (nSPS) is 17.4. The Kier molecular flexibility index (Phi) is 5.74. The van der Waals surface area contributed by atoms with E-state index in [2.05, 4.69) is 0 Å². The summed E-state index contributed by atoms with van der Waals surface area (Å²) in [5.74, 6) is -2.91. The van der Waals surface area contributed by atoms with Crippen LogP contribution in [0.1, 0.15) is 24.0 Å². The molecule has 1 atom stereocenters. The van der Waals surface area contributed by atoms with E-state index >= 15 is 0 Å². The highest BCUT2D eigenvalue weighted by atomic mass is 32.2. The first-order valence-corrected chi connectivity index (χ1v) is 8.30. The fraction of sp³-hybridized carbons (Fsp3) is 0.250. The quantitative estimate of drug-likeness (QED) is 0.591. The molecule has 8 heteroatoms. The molecule has 0 aliphatic carbocycles. The van der Waals surface area contributed by atoms with Crippen molar-refractivity contribution in [3.63, 3.8) is 0 Å². The zero-order valence-corrected chi connectivity index (χ0v) is 14.4. The summed E-state index contributed by atoms with van der Waals surface area (Å²) in [6, 6.07) is 6.22. The maximum atomic E-state index is 12.5. The summed E-state index contributed by atoms with van der Waals surface area (Å²) >= 11 is 6.14. The number of thiocarbonyl (C=S) groups is 1. The standard InChI is InChI=1S/C16H15NO5S2/c1-9-2-4-10(5-3-9)8-12-14(20)17(16(23)24-12)11(15(21)22)6-7-13(18)19/h2-5,8,11H,6-7H2,1H3,(H,18,19)(H,21,22)/b12-8+/t11-/m1/s1. The van der Waals surface area contributed by atoms with Gasteiger partial charge in [-0.05, 0) is 25.0 Å². The third-order valence-electron chi connectivity index (χ3n) is 3.43. The van der Waals surface area contributed by atoms with E-state index in [-0.39, 0.29) is 17.2 Å². The molecular formula is C16H15NO5S2. The molecule has 1 saturated heterocycles. The maximum Gasteiger partial charge on any atom is 0.326 e. The first kappa shape index (κ1) is 18.2. The van der Waals surface area contributed by atoms with E-state index in [1.54, 1.807) is 6.08 Å². The van der Waals surface area contributed by atoms with E-state index in [4.69, 9.17) is 17.3 Å². The van der Waals surface area contributed by atoms with Crippen molar-refractivity contribution in [3.05, 3.63) is 40.3 Å². The average Bonchev–Trinajstić information content (AvgIpc) is 2.77. The van der Waals surface area contributed by atoms with Crippen LogP contribution in [-0.2, 0) is 14.4 Å². The van der Waals surface area contributed by atoms with E-state index in [1.807, 2.05) is 31.2 Å². The summed E-state index contributed by atoms with van der Waals surface area (Å²) in [6.45, 7) is 1.95. The molecule has 6 nitrogen and oxygen atoms in total. The van der Waals surface area contributed by atoms with E-state index in [0.717, 1.165) is 27.8 Å².